The lowest BCUT2D eigenvalue weighted by Gasteiger charge is -2.11. The molecule has 0 spiro atoms. The minimum absolute atomic E-state index is 0.595. The van der Waals surface area contributed by atoms with Crippen LogP contribution >= 0.6 is 0 Å². The molecule has 0 saturated heterocycles. The number of imidazole rings is 1. The monoisotopic (exact) mass is 423 g/mol. The molecule has 0 amide bonds. The van der Waals surface area contributed by atoms with E-state index < -0.39 is 0 Å². The van der Waals surface area contributed by atoms with Crippen molar-refractivity contribution in [3.8, 4) is 22.5 Å². The van der Waals surface area contributed by atoms with Crippen molar-refractivity contribution in [2.45, 2.75) is 39.2 Å². The number of hydrogen-bond acceptors (Lipinski definition) is 5. The number of aromatic amines is 1. The van der Waals surface area contributed by atoms with E-state index in [0.29, 0.717) is 5.82 Å². The topological polar surface area (TPSA) is 85.2 Å². The summed E-state index contributed by atoms with van der Waals surface area (Å²) < 4.78 is 2.26. The molecule has 0 radical (unpaired) electrons. The van der Waals surface area contributed by atoms with Crippen LogP contribution in [0.15, 0.2) is 66.9 Å². The van der Waals surface area contributed by atoms with Gasteiger partial charge in [-0.1, -0.05) is 68.3 Å². The Morgan fingerprint density at radius 1 is 0.906 bits per heavy atom. The van der Waals surface area contributed by atoms with E-state index >= 15 is 0 Å². The van der Waals surface area contributed by atoms with Crippen LogP contribution < -0.4 is 0 Å². The number of benzene rings is 2. The van der Waals surface area contributed by atoms with Crippen LogP contribution in [0, 0.1) is 0 Å². The minimum Gasteiger partial charge on any atom is -0.308 e. The fourth-order valence-electron chi connectivity index (χ4n) is 4.07. The second-order valence-electron chi connectivity index (χ2n) is 7.90. The smallest absolute Gasteiger partial charge is 0.205 e. The van der Waals surface area contributed by atoms with Crippen LogP contribution in [0.25, 0.3) is 33.7 Å². The van der Waals surface area contributed by atoms with Crippen LogP contribution in [-0.2, 0) is 13.0 Å². The van der Waals surface area contributed by atoms with Crippen molar-refractivity contribution < 1.29 is 0 Å². The Bertz CT molecular complexity index is 1300. The molecule has 0 bridgehead atoms. The molecule has 0 saturated carbocycles. The molecule has 3 aromatic heterocycles. The summed E-state index contributed by atoms with van der Waals surface area (Å²) in [5.41, 5.74) is 6.28. The van der Waals surface area contributed by atoms with Crippen LogP contribution in [0.1, 0.15) is 37.6 Å². The predicted molar refractivity (Wildman–Crippen MR) is 125 cm³/mol. The van der Waals surface area contributed by atoms with Gasteiger partial charge in [-0.15, -0.1) is 10.2 Å². The largest absolute Gasteiger partial charge is 0.308 e. The fraction of sp³-hybridized carbons (Fsp3) is 0.240. The Balaban J connectivity index is 1.44. The van der Waals surface area contributed by atoms with E-state index in [9.17, 15) is 0 Å². The number of fused-ring (bicyclic) bond motifs is 1. The van der Waals surface area contributed by atoms with E-state index in [1.807, 2.05) is 36.5 Å². The van der Waals surface area contributed by atoms with Crippen LogP contribution in [0.3, 0.4) is 0 Å². The van der Waals surface area contributed by atoms with Crippen molar-refractivity contribution in [3.05, 3.63) is 78.2 Å². The van der Waals surface area contributed by atoms with E-state index in [-0.39, 0.29) is 0 Å². The number of tetrazole rings is 1. The molecule has 5 aromatic rings. The number of unbranched alkanes of at least 4 members (excludes halogenated alkanes) is 2. The van der Waals surface area contributed by atoms with Crippen molar-refractivity contribution in [1.29, 1.82) is 0 Å². The summed E-state index contributed by atoms with van der Waals surface area (Å²) in [5, 5.41) is 14.5. The van der Waals surface area contributed by atoms with Crippen molar-refractivity contribution in [3.63, 3.8) is 0 Å². The van der Waals surface area contributed by atoms with E-state index in [4.69, 9.17) is 4.98 Å². The second-order valence-corrected chi connectivity index (χ2v) is 7.90. The highest BCUT2D eigenvalue weighted by Crippen LogP contribution is 2.30. The highest BCUT2D eigenvalue weighted by Gasteiger charge is 2.13. The van der Waals surface area contributed by atoms with Crippen molar-refractivity contribution in [1.82, 2.24) is 35.2 Å². The highest BCUT2D eigenvalue weighted by atomic mass is 15.5. The third-order valence-electron chi connectivity index (χ3n) is 5.71. The molecule has 7 nitrogen and oxygen atoms in total. The van der Waals surface area contributed by atoms with Gasteiger partial charge < -0.3 is 4.57 Å². The number of aromatic nitrogens is 7. The quantitative estimate of drug-likeness (QED) is 0.353. The van der Waals surface area contributed by atoms with Crippen LogP contribution in [0.4, 0.5) is 0 Å². The minimum atomic E-state index is 0.595. The second kappa shape index (κ2) is 9.09. The van der Waals surface area contributed by atoms with Crippen LogP contribution in [0.5, 0.6) is 0 Å². The first-order valence-electron chi connectivity index (χ1n) is 11.1. The Morgan fingerprint density at radius 2 is 1.75 bits per heavy atom. The Hall–Kier alpha value is -3.87. The van der Waals surface area contributed by atoms with E-state index in [1.54, 1.807) is 0 Å². The van der Waals surface area contributed by atoms with Gasteiger partial charge in [-0.25, -0.2) is 9.97 Å². The average molecular weight is 424 g/mol. The first kappa shape index (κ1) is 20.1. The van der Waals surface area contributed by atoms with E-state index in [1.165, 1.54) is 18.4 Å². The summed E-state index contributed by atoms with van der Waals surface area (Å²) in [6.07, 6.45) is 6.37. The number of nitrogens with zero attached hydrogens (tertiary/aromatic N) is 6. The number of H-pyrrole nitrogens is 1. The number of nitrogens with one attached hydrogen (secondary N) is 1. The molecule has 0 aliphatic carbocycles. The van der Waals surface area contributed by atoms with Crippen molar-refractivity contribution in [2.75, 3.05) is 0 Å². The van der Waals surface area contributed by atoms with Crippen LogP contribution in [0.2, 0.25) is 0 Å². The Labute approximate surface area is 186 Å². The number of pyridine rings is 1. The molecule has 2 aromatic carbocycles. The zero-order valence-corrected chi connectivity index (χ0v) is 18.1. The third-order valence-corrected chi connectivity index (χ3v) is 5.71. The zero-order chi connectivity index (χ0) is 21.8. The maximum atomic E-state index is 4.86. The fourth-order valence-corrected chi connectivity index (χ4v) is 4.07. The summed E-state index contributed by atoms with van der Waals surface area (Å²) >= 11 is 0. The lowest BCUT2D eigenvalue weighted by Crippen LogP contribution is -2.06. The predicted octanol–water partition coefficient (Wildman–Crippen LogP) is 5.06. The lowest BCUT2D eigenvalue weighted by molar-refractivity contribution is 0.657. The first-order valence-corrected chi connectivity index (χ1v) is 11.1. The number of rotatable bonds is 8. The van der Waals surface area contributed by atoms with Gasteiger partial charge in [-0.2, -0.15) is 5.21 Å². The molecule has 0 unspecified atom stereocenters. The Kier molecular flexibility index (Phi) is 5.70. The summed E-state index contributed by atoms with van der Waals surface area (Å²) in [7, 11) is 0. The molecular weight excluding hydrogens is 398 g/mol. The third kappa shape index (κ3) is 4.01. The number of aryl methyl sites for hydroxylation is 1. The normalized spacial score (nSPS) is 11.3. The molecule has 0 atom stereocenters. The standard InChI is InChI=1S/C25H25N7/c1-2-3-4-11-23-27-22-10-7-16-26-25(22)32(23)17-18-12-14-19(15-13-18)20-8-5-6-9-21(20)24-28-30-31-29-24/h5-10,12-16H,2-4,11,17H2,1H3,(H,28,29,30,31). The number of hydrogen-bond donors (Lipinski definition) is 1. The molecule has 0 aliphatic rings. The molecule has 1 N–H and O–H groups in total. The Morgan fingerprint density at radius 3 is 2.53 bits per heavy atom. The van der Waals surface area contributed by atoms with Gasteiger partial charge in [0, 0.05) is 18.2 Å². The van der Waals surface area contributed by atoms with E-state index in [2.05, 4.69) is 67.4 Å². The molecule has 32 heavy (non-hydrogen) atoms. The SMILES string of the molecule is CCCCCc1nc2cccnc2n1Cc1ccc(-c2ccccc2-c2nn[nH]n2)cc1. The maximum Gasteiger partial charge on any atom is 0.205 e. The van der Waals surface area contributed by atoms with Gasteiger partial charge in [0.05, 0.1) is 6.54 Å². The molecule has 7 heteroatoms. The van der Waals surface area contributed by atoms with Gasteiger partial charge in [-0.3, -0.25) is 0 Å². The van der Waals surface area contributed by atoms with Gasteiger partial charge in [-0.05, 0) is 40.5 Å². The van der Waals surface area contributed by atoms with E-state index in [0.717, 1.165) is 53.1 Å². The maximum absolute atomic E-state index is 4.86. The van der Waals surface area contributed by atoms with Gasteiger partial charge >= 0.3 is 0 Å². The lowest BCUT2D eigenvalue weighted by atomic mass is 9.98. The molecule has 160 valence electrons. The highest BCUT2D eigenvalue weighted by molar-refractivity contribution is 5.80. The summed E-state index contributed by atoms with van der Waals surface area (Å²) in [5.74, 6) is 1.70. The summed E-state index contributed by atoms with van der Waals surface area (Å²) in [6, 6.07) is 20.7. The molecular formula is C25H25N7. The first-order chi connectivity index (χ1) is 15.8. The van der Waals surface area contributed by atoms with Gasteiger partial charge in [0.1, 0.15) is 11.3 Å². The molecule has 0 aliphatic heterocycles. The molecule has 0 fully saturated rings. The van der Waals surface area contributed by atoms with Gasteiger partial charge in [0.2, 0.25) is 5.82 Å². The van der Waals surface area contributed by atoms with Gasteiger partial charge in [0.15, 0.2) is 5.65 Å². The van der Waals surface area contributed by atoms with Crippen molar-refractivity contribution in [2.24, 2.45) is 0 Å². The zero-order valence-electron chi connectivity index (χ0n) is 18.1. The average Bonchev–Trinajstić information content (AvgIpc) is 3.49. The van der Waals surface area contributed by atoms with Crippen molar-refractivity contribution >= 4 is 11.2 Å². The summed E-state index contributed by atoms with van der Waals surface area (Å²) in [4.78, 5) is 9.47. The molecule has 3 heterocycles. The molecule has 5 rings (SSSR count). The van der Waals surface area contributed by atoms with Crippen LogP contribution in [-0.4, -0.2) is 35.2 Å². The van der Waals surface area contributed by atoms with Gasteiger partial charge in [0.25, 0.3) is 0 Å². The summed E-state index contributed by atoms with van der Waals surface area (Å²) in [6.45, 7) is 2.98.